The number of aromatic nitrogens is 2. The fraction of sp³-hybridized carbons (Fsp3) is 0.235. The molecule has 25 heavy (non-hydrogen) atoms. The average molecular weight is 369 g/mol. The van der Waals surface area contributed by atoms with Gasteiger partial charge in [-0.15, -0.1) is 0 Å². The second kappa shape index (κ2) is 6.59. The minimum Gasteiger partial charge on any atom is -0.377 e. The van der Waals surface area contributed by atoms with E-state index < -0.39 is 11.7 Å². The van der Waals surface area contributed by atoms with Crippen LogP contribution in [-0.4, -0.2) is 24.1 Å². The molecule has 1 aromatic heterocycles. The molecule has 0 radical (unpaired) electrons. The van der Waals surface area contributed by atoms with E-state index >= 15 is 0 Å². The number of anilines is 1. The highest BCUT2D eigenvalue weighted by Gasteiger charge is 2.30. The van der Waals surface area contributed by atoms with Gasteiger partial charge in [-0.25, -0.2) is 9.37 Å². The van der Waals surface area contributed by atoms with Crippen LogP contribution in [0.1, 0.15) is 11.1 Å². The molecular weight excluding hydrogens is 354 g/mol. The average Bonchev–Trinajstić information content (AvgIpc) is 2.94. The van der Waals surface area contributed by atoms with Gasteiger partial charge in [-0.1, -0.05) is 17.8 Å². The summed E-state index contributed by atoms with van der Waals surface area (Å²) in [6, 6.07) is 8.19. The molecule has 3 nitrogen and oxygen atoms in total. The van der Waals surface area contributed by atoms with Crippen LogP contribution in [0.2, 0.25) is 0 Å². The zero-order chi connectivity index (χ0) is 18.2. The Kier molecular flexibility index (Phi) is 4.64. The van der Waals surface area contributed by atoms with Gasteiger partial charge in [0.25, 0.3) is 0 Å². The van der Waals surface area contributed by atoms with Crippen LogP contribution in [0.3, 0.4) is 0 Å². The summed E-state index contributed by atoms with van der Waals surface area (Å²) in [5.41, 5.74) is 1.29. The quantitative estimate of drug-likeness (QED) is 0.514. The maximum Gasteiger partial charge on any atom is 0.416 e. The first kappa shape index (κ1) is 17.6. The van der Waals surface area contributed by atoms with Gasteiger partial charge in [0.15, 0.2) is 5.16 Å². The van der Waals surface area contributed by atoms with Crippen LogP contribution >= 0.6 is 11.8 Å². The Hall–Kier alpha value is -2.22. The number of alkyl halides is 3. The topological polar surface area (TPSA) is 31.9 Å². The molecule has 0 aliphatic carbocycles. The largest absolute Gasteiger partial charge is 0.416 e. The van der Waals surface area contributed by atoms with Crippen LogP contribution in [0, 0.1) is 5.82 Å². The number of hydrogen-bond donors (Lipinski definition) is 1. The van der Waals surface area contributed by atoms with Crippen molar-refractivity contribution in [3.63, 3.8) is 0 Å². The van der Waals surface area contributed by atoms with E-state index in [1.54, 1.807) is 6.07 Å². The third kappa shape index (κ3) is 3.73. The summed E-state index contributed by atoms with van der Waals surface area (Å²) in [6.45, 7) is 0. The molecule has 132 valence electrons. The molecule has 0 fully saturated rings. The molecule has 0 unspecified atom stereocenters. The Balaban J connectivity index is 1.85. The maximum absolute atomic E-state index is 14.1. The van der Waals surface area contributed by atoms with Crippen molar-refractivity contribution in [1.82, 2.24) is 9.97 Å². The van der Waals surface area contributed by atoms with Crippen molar-refractivity contribution in [1.29, 1.82) is 0 Å². The number of imidazole rings is 1. The van der Waals surface area contributed by atoms with Crippen LogP contribution in [0.25, 0.3) is 11.0 Å². The van der Waals surface area contributed by atoms with E-state index in [0.717, 1.165) is 17.8 Å². The third-order valence-electron chi connectivity index (χ3n) is 3.72. The Labute approximate surface area is 146 Å². The summed E-state index contributed by atoms with van der Waals surface area (Å²) in [4.78, 5) is 8.93. The molecule has 0 saturated carbocycles. The van der Waals surface area contributed by atoms with Crippen LogP contribution in [0.5, 0.6) is 0 Å². The SMILES string of the molecule is CN(C)c1cccc(F)c1CSc1nc2ccc(C(F)(F)F)cc2[nH]1. The summed E-state index contributed by atoms with van der Waals surface area (Å²) in [6.07, 6.45) is -4.40. The molecule has 0 atom stereocenters. The van der Waals surface area contributed by atoms with Gasteiger partial charge >= 0.3 is 6.18 Å². The molecule has 0 aliphatic heterocycles. The smallest absolute Gasteiger partial charge is 0.377 e. The fourth-order valence-electron chi connectivity index (χ4n) is 2.48. The maximum atomic E-state index is 14.1. The number of aromatic amines is 1. The van der Waals surface area contributed by atoms with Gasteiger partial charge in [-0.2, -0.15) is 13.2 Å². The van der Waals surface area contributed by atoms with Crippen molar-refractivity contribution in [2.75, 3.05) is 19.0 Å². The standard InChI is InChI=1S/C17H15F4N3S/c1-24(2)15-5-3-4-12(18)11(15)9-25-16-22-13-7-6-10(17(19,20)21)8-14(13)23-16/h3-8H,9H2,1-2H3,(H,22,23). The molecule has 0 spiro atoms. The Morgan fingerprint density at radius 2 is 1.92 bits per heavy atom. The molecule has 1 N–H and O–H groups in total. The van der Waals surface area contributed by atoms with Crippen molar-refractivity contribution in [2.45, 2.75) is 17.1 Å². The Morgan fingerprint density at radius 3 is 2.60 bits per heavy atom. The zero-order valence-electron chi connectivity index (χ0n) is 13.5. The highest BCUT2D eigenvalue weighted by molar-refractivity contribution is 7.98. The molecule has 0 aliphatic rings. The first-order valence-electron chi connectivity index (χ1n) is 7.40. The summed E-state index contributed by atoms with van der Waals surface area (Å²) < 4.78 is 52.4. The molecular formula is C17H15F4N3S. The third-order valence-corrected chi connectivity index (χ3v) is 4.62. The summed E-state index contributed by atoms with van der Waals surface area (Å²) in [5.74, 6) is -0.0132. The monoisotopic (exact) mass is 369 g/mol. The van der Waals surface area contributed by atoms with Crippen LogP contribution in [-0.2, 0) is 11.9 Å². The summed E-state index contributed by atoms with van der Waals surface area (Å²) in [7, 11) is 3.64. The van der Waals surface area contributed by atoms with Gasteiger partial charge in [0.1, 0.15) is 5.82 Å². The number of H-pyrrole nitrogens is 1. The molecule has 0 amide bonds. The number of rotatable bonds is 4. The fourth-order valence-corrected chi connectivity index (χ4v) is 3.39. The lowest BCUT2D eigenvalue weighted by atomic mass is 10.2. The molecule has 0 saturated heterocycles. The van der Waals surface area contributed by atoms with Crippen LogP contribution < -0.4 is 4.90 Å². The van der Waals surface area contributed by atoms with Gasteiger partial charge in [-0.3, -0.25) is 0 Å². The van der Waals surface area contributed by atoms with Crippen molar-refractivity contribution in [3.8, 4) is 0 Å². The lowest BCUT2D eigenvalue weighted by Crippen LogP contribution is -2.11. The van der Waals surface area contributed by atoms with Gasteiger partial charge < -0.3 is 9.88 Å². The molecule has 2 aromatic carbocycles. The number of benzene rings is 2. The molecule has 8 heteroatoms. The van der Waals surface area contributed by atoms with E-state index in [4.69, 9.17) is 0 Å². The van der Waals surface area contributed by atoms with Crippen molar-refractivity contribution >= 4 is 28.5 Å². The number of nitrogens with zero attached hydrogens (tertiary/aromatic N) is 2. The number of hydrogen-bond acceptors (Lipinski definition) is 3. The number of fused-ring (bicyclic) bond motifs is 1. The van der Waals surface area contributed by atoms with Crippen LogP contribution in [0.4, 0.5) is 23.2 Å². The highest BCUT2D eigenvalue weighted by Crippen LogP contribution is 2.33. The first-order valence-corrected chi connectivity index (χ1v) is 8.39. The van der Waals surface area contributed by atoms with E-state index in [1.807, 2.05) is 25.1 Å². The summed E-state index contributed by atoms with van der Waals surface area (Å²) in [5, 5.41) is 0.447. The highest BCUT2D eigenvalue weighted by atomic mass is 32.2. The van der Waals surface area contributed by atoms with E-state index in [9.17, 15) is 17.6 Å². The minimum atomic E-state index is -4.40. The molecule has 3 aromatic rings. The molecule has 0 bridgehead atoms. The van der Waals surface area contributed by atoms with Crippen molar-refractivity contribution in [2.24, 2.45) is 0 Å². The van der Waals surface area contributed by atoms with Crippen LogP contribution in [0.15, 0.2) is 41.6 Å². The molecule has 3 rings (SSSR count). The number of thioether (sulfide) groups is 1. The predicted molar refractivity (Wildman–Crippen MR) is 91.4 cm³/mol. The number of halogens is 4. The second-order valence-electron chi connectivity index (χ2n) is 5.69. The van der Waals surface area contributed by atoms with Crippen molar-refractivity contribution < 1.29 is 17.6 Å². The minimum absolute atomic E-state index is 0.304. The van der Waals surface area contributed by atoms with Gasteiger partial charge in [0.05, 0.1) is 16.6 Å². The van der Waals surface area contributed by atoms with Gasteiger partial charge in [0.2, 0.25) is 0 Å². The first-order chi connectivity index (χ1) is 11.8. The van der Waals surface area contributed by atoms with E-state index in [2.05, 4.69) is 9.97 Å². The number of nitrogens with one attached hydrogen (secondary N) is 1. The lowest BCUT2D eigenvalue weighted by molar-refractivity contribution is -0.137. The molecule has 1 heterocycles. The Morgan fingerprint density at radius 1 is 1.16 bits per heavy atom. The second-order valence-corrected chi connectivity index (χ2v) is 6.66. The van der Waals surface area contributed by atoms with E-state index in [1.165, 1.54) is 23.9 Å². The lowest BCUT2D eigenvalue weighted by Gasteiger charge is -2.17. The van der Waals surface area contributed by atoms with Gasteiger partial charge in [-0.05, 0) is 30.3 Å². The zero-order valence-corrected chi connectivity index (χ0v) is 14.3. The van der Waals surface area contributed by atoms with Crippen molar-refractivity contribution in [3.05, 3.63) is 53.3 Å². The predicted octanol–water partition coefficient (Wildman–Crippen LogP) is 5.08. The van der Waals surface area contributed by atoms with E-state index in [0.29, 0.717) is 27.5 Å². The van der Waals surface area contributed by atoms with Gasteiger partial charge in [0, 0.05) is 31.1 Å². The summed E-state index contributed by atoms with van der Waals surface area (Å²) >= 11 is 1.24. The Bertz CT molecular complexity index is 903. The van der Waals surface area contributed by atoms with E-state index in [-0.39, 0.29) is 5.82 Å². The normalized spacial score (nSPS) is 11.9.